The van der Waals surface area contributed by atoms with Crippen LogP contribution >= 0.6 is 0 Å². The van der Waals surface area contributed by atoms with Crippen molar-refractivity contribution in [3.8, 4) is 0 Å². The van der Waals surface area contributed by atoms with Gasteiger partial charge in [-0.2, -0.15) is 0 Å². The molecule has 1 aliphatic rings. The summed E-state index contributed by atoms with van der Waals surface area (Å²) in [5.41, 5.74) is 2.31. The smallest absolute Gasteiger partial charge is 0.277 e. The summed E-state index contributed by atoms with van der Waals surface area (Å²) in [6.07, 6.45) is 6.97. The fourth-order valence-electron chi connectivity index (χ4n) is 2.79. The van der Waals surface area contributed by atoms with E-state index in [1.807, 2.05) is 19.1 Å². The fourth-order valence-corrected chi connectivity index (χ4v) is 2.79. The fraction of sp³-hybridized carbons (Fsp3) is 0.389. The predicted molar refractivity (Wildman–Crippen MR) is 89.5 cm³/mol. The molecule has 1 fully saturated rings. The summed E-state index contributed by atoms with van der Waals surface area (Å²) in [4.78, 5) is 28.2. The second-order valence-electron chi connectivity index (χ2n) is 5.99. The topological polar surface area (TPSA) is 64.0 Å². The first-order valence-electron chi connectivity index (χ1n) is 8.10. The summed E-state index contributed by atoms with van der Waals surface area (Å²) >= 11 is 0. The highest BCUT2D eigenvalue weighted by molar-refractivity contribution is 5.91. The first-order valence-corrected chi connectivity index (χ1v) is 8.10. The number of hydrogen-bond acceptors (Lipinski definition) is 3. The maximum atomic E-state index is 12.1. The molecular weight excluding hydrogens is 290 g/mol. The Kier molecular flexibility index (Phi) is 4.55. The lowest BCUT2D eigenvalue weighted by Crippen LogP contribution is -2.26. The third-order valence-electron chi connectivity index (χ3n) is 4.44. The van der Waals surface area contributed by atoms with Crippen LogP contribution in [0.2, 0.25) is 0 Å². The number of aryl methyl sites for hydroxylation is 1. The minimum absolute atomic E-state index is 0.200. The van der Waals surface area contributed by atoms with Gasteiger partial charge in [-0.15, -0.1) is 0 Å². The summed E-state index contributed by atoms with van der Waals surface area (Å²) in [5, 5.41) is 2.66. The van der Waals surface area contributed by atoms with Crippen LogP contribution in [-0.4, -0.2) is 15.5 Å². The zero-order valence-corrected chi connectivity index (χ0v) is 13.3. The van der Waals surface area contributed by atoms with Gasteiger partial charge in [-0.05, 0) is 36.8 Å². The molecule has 120 valence electrons. The van der Waals surface area contributed by atoms with E-state index in [0.717, 1.165) is 5.56 Å². The molecule has 0 atom stereocenters. The van der Waals surface area contributed by atoms with Gasteiger partial charge in [-0.3, -0.25) is 14.2 Å². The maximum absolute atomic E-state index is 12.1. The lowest BCUT2D eigenvalue weighted by atomic mass is 9.80. The molecule has 2 aromatic rings. The van der Waals surface area contributed by atoms with Gasteiger partial charge in [0.1, 0.15) is 5.69 Å². The molecule has 0 radical (unpaired) electrons. The summed E-state index contributed by atoms with van der Waals surface area (Å²) < 4.78 is 1.46. The molecular formula is C18H21N3O2. The number of aromatic nitrogens is 2. The van der Waals surface area contributed by atoms with Crippen molar-refractivity contribution in [3.63, 3.8) is 0 Å². The van der Waals surface area contributed by atoms with Gasteiger partial charge in [0, 0.05) is 6.54 Å². The van der Waals surface area contributed by atoms with Crippen LogP contribution < -0.4 is 10.9 Å². The molecule has 0 aliphatic heterocycles. The van der Waals surface area contributed by atoms with E-state index in [0.29, 0.717) is 12.5 Å². The van der Waals surface area contributed by atoms with Crippen molar-refractivity contribution in [1.29, 1.82) is 0 Å². The zero-order chi connectivity index (χ0) is 16.2. The third kappa shape index (κ3) is 3.50. The molecule has 23 heavy (non-hydrogen) atoms. The Balaban J connectivity index is 1.64. The molecule has 1 N–H and O–H groups in total. The van der Waals surface area contributed by atoms with Gasteiger partial charge < -0.3 is 5.32 Å². The van der Waals surface area contributed by atoms with E-state index in [1.165, 1.54) is 41.9 Å². The Morgan fingerprint density at radius 1 is 1.30 bits per heavy atom. The molecule has 1 aromatic heterocycles. The predicted octanol–water partition coefficient (Wildman–Crippen LogP) is 2.71. The Morgan fingerprint density at radius 3 is 2.65 bits per heavy atom. The van der Waals surface area contributed by atoms with Crippen molar-refractivity contribution in [2.45, 2.75) is 45.1 Å². The molecule has 1 aliphatic carbocycles. The summed E-state index contributed by atoms with van der Waals surface area (Å²) in [6, 6.07) is 8.22. The highest BCUT2D eigenvalue weighted by Gasteiger charge is 2.19. The molecule has 5 heteroatoms. The first kappa shape index (κ1) is 15.5. The Bertz CT molecular complexity index is 746. The standard InChI is InChI=1S/C18H21N3O2/c1-2-21-12-19-11-16(18(21)23)20-17(22)10-13-6-8-15(9-7-13)14-4-3-5-14/h6-9,11-12,14H,2-5,10H2,1H3,(H,20,22). The van der Waals surface area contributed by atoms with Crippen molar-refractivity contribution in [1.82, 2.24) is 9.55 Å². The minimum atomic E-state index is -0.226. The first-order chi connectivity index (χ1) is 11.2. The normalized spacial score (nSPS) is 14.3. The largest absolute Gasteiger partial charge is 0.320 e. The number of carbonyl (C=O) groups is 1. The number of hydrogen-bond donors (Lipinski definition) is 1. The van der Waals surface area contributed by atoms with Crippen molar-refractivity contribution < 1.29 is 4.79 Å². The van der Waals surface area contributed by atoms with E-state index in [-0.39, 0.29) is 23.6 Å². The van der Waals surface area contributed by atoms with Gasteiger partial charge >= 0.3 is 0 Å². The van der Waals surface area contributed by atoms with Gasteiger partial charge in [0.15, 0.2) is 0 Å². The molecule has 0 spiro atoms. The lowest BCUT2D eigenvalue weighted by Gasteiger charge is -2.25. The number of benzene rings is 1. The Morgan fingerprint density at radius 2 is 2.04 bits per heavy atom. The minimum Gasteiger partial charge on any atom is -0.320 e. The number of nitrogens with zero attached hydrogens (tertiary/aromatic N) is 2. The third-order valence-corrected chi connectivity index (χ3v) is 4.44. The van der Waals surface area contributed by atoms with Gasteiger partial charge in [0.2, 0.25) is 5.91 Å². The number of amides is 1. The van der Waals surface area contributed by atoms with Crippen molar-refractivity contribution in [3.05, 3.63) is 58.3 Å². The Labute approximate surface area is 135 Å². The van der Waals surface area contributed by atoms with Crippen LogP contribution in [-0.2, 0) is 17.8 Å². The van der Waals surface area contributed by atoms with Crippen LogP contribution in [0, 0.1) is 0 Å². The quantitative estimate of drug-likeness (QED) is 0.923. The van der Waals surface area contributed by atoms with Crippen LogP contribution in [0.4, 0.5) is 5.69 Å². The van der Waals surface area contributed by atoms with Gasteiger partial charge in [-0.1, -0.05) is 30.7 Å². The summed E-state index contributed by atoms with van der Waals surface area (Å²) in [6.45, 7) is 2.39. The number of nitrogens with one attached hydrogen (secondary N) is 1. The maximum Gasteiger partial charge on any atom is 0.277 e. The summed E-state index contributed by atoms with van der Waals surface area (Å²) in [5.74, 6) is 0.495. The lowest BCUT2D eigenvalue weighted by molar-refractivity contribution is -0.115. The van der Waals surface area contributed by atoms with E-state index in [2.05, 4.69) is 22.4 Å². The van der Waals surface area contributed by atoms with Crippen molar-refractivity contribution in [2.24, 2.45) is 0 Å². The molecule has 3 rings (SSSR count). The van der Waals surface area contributed by atoms with Gasteiger partial charge in [-0.25, -0.2) is 4.98 Å². The van der Waals surface area contributed by atoms with E-state index in [4.69, 9.17) is 0 Å². The summed E-state index contributed by atoms with van der Waals surface area (Å²) in [7, 11) is 0. The molecule has 0 unspecified atom stereocenters. The molecule has 1 amide bonds. The number of rotatable bonds is 5. The second kappa shape index (κ2) is 6.77. The molecule has 0 bridgehead atoms. The average molecular weight is 311 g/mol. The molecule has 1 saturated carbocycles. The monoisotopic (exact) mass is 311 g/mol. The highest BCUT2D eigenvalue weighted by atomic mass is 16.2. The van der Waals surface area contributed by atoms with Gasteiger partial charge in [0.05, 0.1) is 18.9 Å². The van der Waals surface area contributed by atoms with E-state index >= 15 is 0 Å². The second-order valence-corrected chi connectivity index (χ2v) is 5.99. The zero-order valence-electron chi connectivity index (χ0n) is 13.3. The average Bonchev–Trinajstić information content (AvgIpc) is 2.49. The van der Waals surface area contributed by atoms with Gasteiger partial charge in [0.25, 0.3) is 5.56 Å². The van der Waals surface area contributed by atoms with Crippen LogP contribution in [0.15, 0.2) is 41.6 Å². The van der Waals surface area contributed by atoms with Crippen LogP contribution in [0.1, 0.15) is 43.2 Å². The Hall–Kier alpha value is -2.43. The van der Waals surface area contributed by atoms with Crippen molar-refractivity contribution in [2.75, 3.05) is 5.32 Å². The van der Waals surface area contributed by atoms with Crippen LogP contribution in [0.25, 0.3) is 0 Å². The van der Waals surface area contributed by atoms with Crippen LogP contribution in [0.3, 0.4) is 0 Å². The molecule has 1 heterocycles. The molecule has 1 aromatic carbocycles. The molecule has 0 saturated heterocycles. The van der Waals surface area contributed by atoms with E-state index in [9.17, 15) is 9.59 Å². The highest BCUT2D eigenvalue weighted by Crippen LogP contribution is 2.36. The van der Waals surface area contributed by atoms with E-state index < -0.39 is 0 Å². The van der Waals surface area contributed by atoms with Crippen molar-refractivity contribution >= 4 is 11.6 Å². The number of carbonyl (C=O) groups excluding carboxylic acids is 1. The molecule has 5 nitrogen and oxygen atoms in total. The number of anilines is 1. The van der Waals surface area contributed by atoms with Crippen LogP contribution in [0.5, 0.6) is 0 Å². The SMILES string of the molecule is CCn1cncc(NC(=O)Cc2ccc(C3CCC3)cc2)c1=O. The van der Waals surface area contributed by atoms with E-state index in [1.54, 1.807) is 0 Å².